The zero-order valence-electron chi connectivity index (χ0n) is 12.8. The molecule has 0 aliphatic carbocycles. The molecule has 0 aromatic heterocycles. The third kappa shape index (κ3) is 3.68. The Hall–Kier alpha value is -0.960. The molecule has 0 amide bonds. The lowest BCUT2D eigenvalue weighted by Crippen LogP contribution is -2.40. The molecule has 6 nitrogen and oxygen atoms in total. The van der Waals surface area contributed by atoms with Gasteiger partial charge in [0.25, 0.3) is 0 Å². The summed E-state index contributed by atoms with van der Waals surface area (Å²) in [6.07, 6.45) is 2.59. The Labute approximate surface area is 132 Å². The number of nitrogens with zero attached hydrogens (tertiary/aromatic N) is 1. The maximum atomic E-state index is 12.8. The lowest BCUT2D eigenvalue weighted by atomic mass is 9.98. The number of rotatable bonds is 5. The first kappa shape index (κ1) is 17.4. The lowest BCUT2D eigenvalue weighted by Gasteiger charge is -2.31. The minimum Gasteiger partial charge on any atom is -0.319 e. The van der Waals surface area contributed by atoms with E-state index in [4.69, 9.17) is 0 Å². The van der Waals surface area contributed by atoms with E-state index < -0.39 is 19.9 Å². The zero-order chi connectivity index (χ0) is 16.4. The Balaban J connectivity index is 2.30. The van der Waals surface area contributed by atoms with Crippen LogP contribution in [0.4, 0.5) is 0 Å². The molecule has 1 heterocycles. The Kier molecular flexibility index (Phi) is 5.26. The fourth-order valence-electron chi connectivity index (χ4n) is 2.75. The summed E-state index contributed by atoms with van der Waals surface area (Å²) in [6, 6.07) is 5.80. The smallest absolute Gasteiger partial charge is 0.244 e. The number of piperidine rings is 1. The molecular formula is C14H22N2O4S2. The summed E-state index contributed by atoms with van der Waals surface area (Å²) in [6.45, 7) is 1.72. The van der Waals surface area contributed by atoms with E-state index in [1.54, 1.807) is 6.07 Å². The highest BCUT2D eigenvalue weighted by atomic mass is 32.2. The van der Waals surface area contributed by atoms with Crippen LogP contribution < -0.4 is 5.32 Å². The van der Waals surface area contributed by atoms with Gasteiger partial charge in [0.15, 0.2) is 9.84 Å². The summed E-state index contributed by atoms with van der Waals surface area (Å²) in [7, 11) is -5.49. The Bertz CT molecular complexity index is 721. The first-order valence-electron chi connectivity index (χ1n) is 7.20. The van der Waals surface area contributed by atoms with E-state index in [2.05, 4.69) is 5.32 Å². The molecule has 1 aromatic carbocycles. The SMILES string of the molecule is CNCC1CCN(S(=O)(=O)c2ccccc2S(C)(=O)=O)CC1. The first-order chi connectivity index (χ1) is 10.3. The van der Waals surface area contributed by atoms with Crippen LogP contribution in [0.25, 0.3) is 0 Å². The van der Waals surface area contributed by atoms with E-state index >= 15 is 0 Å². The summed E-state index contributed by atoms with van der Waals surface area (Å²) < 4.78 is 50.6. The number of sulfone groups is 1. The zero-order valence-corrected chi connectivity index (χ0v) is 14.5. The average Bonchev–Trinajstić information content (AvgIpc) is 2.47. The van der Waals surface area contributed by atoms with Crippen LogP contribution in [-0.4, -0.2) is 54.1 Å². The standard InChI is InChI=1S/C14H22N2O4S2/c1-15-11-12-7-9-16(10-8-12)22(19,20)14-6-4-3-5-13(14)21(2,17)18/h3-6,12,15H,7-11H2,1-2H3. The predicted molar refractivity (Wildman–Crippen MR) is 85.0 cm³/mol. The van der Waals surface area contributed by atoms with E-state index in [1.165, 1.54) is 22.5 Å². The molecule has 1 aliphatic heterocycles. The lowest BCUT2D eigenvalue weighted by molar-refractivity contribution is 0.270. The van der Waals surface area contributed by atoms with Gasteiger partial charge in [0.05, 0.1) is 4.90 Å². The monoisotopic (exact) mass is 346 g/mol. The minimum absolute atomic E-state index is 0.121. The molecule has 2 rings (SSSR count). The van der Waals surface area contributed by atoms with Gasteiger partial charge in [-0.05, 0) is 44.5 Å². The van der Waals surface area contributed by atoms with Crippen molar-refractivity contribution in [2.45, 2.75) is 22.6 Å². The number of sulfonamides is 1. The van der Waals surface area contributed by atoms with Crippen LogP contribution in [-0.2, 0) is 19.9 Å². The highest BCUT2D eigenvalue weighted by molar-refractivity contribution is 7.93. The molecule has 1 N–H and O–H groups in total. The third-order valence-corrected chi connectivity index (χ3v) is 7.17. The quantitative estimate of drug-likeness (QED) is 0.849. The molecule has 0 atom stereocenters. The van der Waals surface area contributed by atoms with Crippen LogP contribution in [0.5, 0.6) is 0 Å². The molecule has 0 spiro atoms. The van der Waals surface area contributed by atoms with Gasteiger partial charge in [-0.2, -0.15) is 4.31 Å². The van der Waals surface area contributed by atoms with E-state index in [0.29, 0.717) is 19.0 Å². The van der Waals surface area contributed by atoms with Crippen LogP contribution >= 0.6 is 0 Å². The predicted octanol–water partition coefficient (Wildman–Crippen LogP) is 0.710. The normalized spacial score (nSPS) is 18.5. The molecule has 0 bridgehead atoms. The van der Waals surface area contributed by atoms with Crippen LogP contribution in [0, 0.1) is 5.92 Å². The van der Waals surface area contributed by atoms with Gasteiger partial charge in [0, 0.05) is 19.3 Å². The summed E-state index contributed by atoms with van der Waals surface area (Å²) in [4.78, 5) is -0.253. The largest absolute Gasteiger partial charge is 0.319 e. The first-order valence-corrected chi connectivity index (χ1v) is 10.5. The van der Waals surface area contributed by atoms with Crippen molar-refractivity contribution in [1.29, 1.82) is 0 Å². The summed E-state index contributed by atoms with van der Waals surface area (Å²) >= 11 is 0. The Morgan fingerprint density at radius 1 is 1.09 bits per heavy atom. The average molecular weight is 346 g/mol. The highest BCUT2D eigenvalue weighted by Gasteiger charge is 2.32. The van der Waals surface area contributed by atoms with Crippen molar-refractivity contribution in [3.05, 3.63) is 24.3 Å². The topological polar surface area (TPSA) is 83.6 Å². The van der Waals surface area contributed by atoms with Gasteiger partial charge in [-0.15, -0.1) is 0 Å². The maximum absolute atomic E-state index is 12.8. The van der Waals surface area contributed by atoms with Crippen molar-refractivity contribution in [3.8, 4) is 0 Å². The van der Waals surface area contributed by atoms with Gasteiger partial charge in [0.2, 0.25) is 10.0 Å². The highest BCUT2D eigenvalue weighted by Crippen LogP contribution is 2.27. The number of benzene rings is 1. The van der Waals surface area contributed by atoms with Gasteiger partial charge >= 0.3 is 0 Å². The molecule has 0 unspecified atom stereocenters. The second kappa shape index (κ2) is 6.66. The summed E-state index contributed by atoms with van der Waals surface area (Å²) in [5.41, 5.74) is 0. The van der Waals surface area contributed by atoms with Crippen molar-refractivity contribution >= 4 is 19.9 Å². The molecule has 0 saturated carbocycles. The van der Waals surface area contributed by atoms with E-state index in [0.717, 1.165) is 25.6 Å². The van der Waals surface area contributed by atoms with Crippen molar-refractivity contribution in [2.75, 3.05) is 32.9 Å². The van der Waals surface area contributed by atoms with E-state index in [1.807, 2.05) is 7.05 Å². The molecular weight excluding hydrogens is 324 g/mol. The van der Waals surface area contributed by atoms with Crippen molar-refractivity contribution in [2.24, 2.45) is 5.92 Å². The summed E-state index contributed by atoms with van der Waals surface area (Å²) in [5, 5.41) is 3.10. The summed E-state index contributed by atoms with van der Waals surface area (Å²) in [5.74, 6) is 0.460. The molecule has 1 aliphatic rings. The van der Waals surface area contributed by atoms with E-state index in [9.17, 15) is 16.8 Å². The fourth-order valence-corrected chi connectivity index (χ4v) is 5.82. The van der Waals surface area contributed by atoms with Gasteiger partial charge in [-0.1, -0.05) is 12.1 Å². The third-order valence-electron chi connectivity index (χ3n) is 3.93. The van der Waals surface area contributed by atoms with Crippen molar-refractivity contribution in [3.63, 3.8) is 0 Å². The Morgan fingerprint density at radius 3 is 2.14 bits per heavy atom. The Morgan fingerprint density at radius 2 is 1.64 bits per heavy atom. The van der Waals surface area contributed by atoms with Gasteiger partial charge in [-0.3, -0.25) is 0 Å². The van der Waals surface area contributed by atoms with Crippen molar-refractivity contribution < 1.29 is 16.8 Å². The maximum Gasteiger partial charge on any atom is 0.244 e. The molecule has 22 heavy (non-hydrogen) atoms. The minimum atomic E-state index is -3.78. The van der Waals surface area contributed by atoms with Crippen molar-refractivity contribution in [1.82, 2.24) is 9.62 Å². The number of hydrogen-bond donors (Lipinski definition) is 1. The second-order valence-corrected chi connectivity index (χ2v) is 9.51. The number of hydrogen-bond acceptors (Lipinski definition) is 5. The van der Waals surface area contributed by atoms with Crippen LogP contribution in [0.15, 0.2) is 34.1 Å². The molecule has 1 saturated heterocycles. The molecule has 0 radical (unpaired) electrons. The number of nitrogens with one attached hydrogen (secondary N) is 1. The second-order valence-electron chi connectivity index (χ2n) is 5.62. The van der Waals surface area contributed by atoms with Crippen LogP contribution in [0.3, 0.4) is 0 Å². The molecule has 124 valence electrons. The molecule has 1 fully saturated rings. The van der Waals surface area contributed by atoms with E-state index in [-0.39, 0.29) is 9.79 Å². The molecule has 1 aromatic rings. The van der Waals surface area contributed by atoms with Crippen LogP contribution in [0.1, 0.15) is 12.8 Å². The molecule has 8 heteroatoms. The van der Waals surface area contributed by atoms with Gasteiger partial charge in [0.1, 0.15) is 4.90 Å². The van der Waals surface area contributed by atoms with Gasteiger partial charge in [-0.25, -0.2) is 16.8 Å². The fraction of sp³-hybridized carbons (Fsp3) is 0.571. The van der Waals surface area contributed by atoms with Crippen LogP contribution in [0.2, 0.25) is 0 Å². The van der Waals surface area contributed by atoms with Gasteiger partial charge < -0.3 is 5.32 Å².